The van der Waals surface area contributed by atoms with Gasteiger partial charge in [0.1, 0.15) is 5.76 Å². The largest absolute Gasteiger partial charge is 0.469 e. The van der Waals surface area contributed by atoms with Crippen molar-refractivity contribution in [3.05, 3.63) is 57.1 Å². The number of aliphatic hydroxyl groups is 1. The van der Waals surface area contributed by atoms with E-state index in [0.717, 1.165) is 30.6 Å². The summed E-state index contributed by atoms with van der Waals surface area (Å²) >= 11 is 2.29. The van der Waals surface area contributed by atoms with Crippen molar-refractivity contribution in [3.8, 4) is 0 Å². The van der Waals surface area contributed by atoms with Crippen LogP contribution in [0.3, 0.4) is 0 Å². The maximum atomic E-state index is 10.9. The third-order valence-corrected chi connectivity index (χ3v) is 4.37. The molecule has 1 aliphatic rings. The van der Waals surface area contributed by atoms with Gasteiger partial charge >= 0.3 is 0 Å². The molecule has 18 heavy (non-hydrogen) atoms. The zero-order chi connectivity index (χ0) is 12.6. The van der Waals surface area contributed by atoms with Crippen molar-refractivity contribution in [3.63, 3.8) is 0 Å². The lowest BCUT2D eigenvalue weighted by molar-refractivity contribution is 0.0168. The van der Waals surface area contributed by atoms with E-state index in [1.807, 2.05) is 6.07 Å². The van der Waals surface area contributed by atoms with E-state index in [2.05, 4.69) is 46.9 Å². The Morgan fingerprint density at radius 1 is 1.22 bits per heavy atom. The minimum absolute atomic E-state index is 0.663. The molecule has 0 radical (unpaired) electrons. The van der Waals surface area contributed by atoms with E-state index in [1.165, 1.54) is 9.13 Å². The molecule has 1 aromatic carbocycles. The molecule has 2 nitrogen and oxygen atoms in total. The molecular formula is C15H15IO2. The van der Waals surface area contributed by atoms with Gasteiger partial charge in [0.25, 0.3) is 0 Å². The summed E-state index contributed by atoms with van der Waals surface area (Å²) in [6.45, 7) is 0. The van der Waals surface area contributed by atoms with Gasteiger partial charge in [-0.15, -0.1) is 0 Å². The number of furan rings is 1. The van der Waals surface area contributed by atoms with Gasteiger partial charge in [0.15, 0.2) is 0 Å². The summed E-state index contributed by atoms with van der Waals surface area (Å²) in [5.41, 5.74) is 1.40. The van der Waals surface area contributed by atoms with Crippen LogP contribution in [-0.2, 0) is 18.4 Å². The van der Waals surface area contributed by atoms with Crippen LogP contribution >= 0.6 is 22.6 Å². The molecule has 1 N–H and O–H groups in total. The Morgan fingerprint density at radius 2 is 2.00 bits per heavy atom. The lowest BCUT2D eigenvalue weighted by atomic mass is 9.79. The van der Waals surface area contributed by atoms with E-state index in [0.29, 0.717) is 6.42 Å². The summed E-state index contributed by atoms with van der Waals surface area (Å²) in [4.78, 5) is 0. The first-order valence-corrected chi connectivity index (χ1v) is 7.29. The summed E-state index contributed by atoms with van der Waals surface area (Å²) < 4.78 is 6.67. The molecule has 3 rings (SSSR count). The number of hydrogen-bond donors (Lipinski definition) is 1. The average Bonchev–Trinajstić information content (AvgIpc) is 2.82. The zero-order valence-corrected chi connectivity index (χ0v) is 12.2. The van der Waals surface area contributed by atoms with Crippen LogP contribution in [0.2, 0.25) is 0 Å². The van der Waals surface area contributed by atoms with E-state index in [9.17, 15) is 5.11 Å². The second kappa shape index (κ2) is 4.70. The van der Waals surface area contributed by atoms with Gasteiger partial charge in [-0.2, -0.15) is 0 Å². The molecule has 0 amide bonds. The fourth-order valence-corrected chi connectivity index (χ4v) is 3.11. The number of rotatable bonds is 2. The van der Waals surface area contributed by atoms with Gasteiger partial charge in [0.2, 0.25) is 0 Å². The molecule has 1 heterocycles. The standard InChI is InChI=1S/C15H15IO2/c16-12-5-3-11(4-6-12)10-15(17)8-1-2-14-13(15)7-9-18-14/h3-7,9,17H,1-2,8,10H2. The molecule has 0 fully saturated rings. The first-order chi connectivity index (χ1) is 8.67. The SMILES string of the molecule is OC1(Cc2ccc(I)cc2)CCCc2occc21. The Bertz CT molecular complexity index is 544. The molecule has 94 valence electrons. The minimum atomic E-state index is -0.757. The number of benzene rings is 1. The molecule has 3 heteroatoms. The van der Waals surface area contributed by atoms with Crippen molar-refractivity contribution >= 4 is 22.6 Å². The number of aryl methyl sites for hydroxylation is 1. The molecule has 0 saturated heterocycles. The van der Waals surface area contributed by atoms with Crippen LogP contribution in [0.15, 0.2) is 41.0 Å². The number of hydrogen-bond acceptors (Lipinski definition) is 2. The first kappa shape index (κ1) is 12.2. The molecule has 1 aromatic heterocycles. The van der Waals surface area contributed by atoms with E-state index in [1.54, 1.807) is 6.26 Å². The van der Waals surface area contributed by atoms with Gasteiger partial charge < -0.3 is 9.52 Å². The highest BCUT2D eigenvalue weighted by Gasteiger charge is 2.36. The summed E-state index contributed by atoms with van der Waals surface area (Å²) in [5.74, 6) is 0.953. The topological polar surface area (TPSA) is 33.4 Å². The van der Waals surface area contributed by atoms with E-state index < -0.39 is 5.60 Å². The average molecular weight is 354 g/mol. The van der Waals surface area contributed by atoms with Crippen molar-refractivity contribution in [1.29, 1.82) is 0 Å². The van der Waals surface area contributed by atoms with E-state index >= 15 is 0 Å². The third kappa shape index (κ3) is 2.21. The Morgan fingerprint density at radius 3 is 2.78 bits per heavy atom. The van der Waals surface area contributed by atoms with E-state index in [-0.39, 0.29) is 0 Å². The van der Waals surface area contributed by atoms with Crippen LogP contribution in [0.5, 0.6) is 0 Å². The summed E-state index contributed by atoms with van der Waals surface area (Å²) in [5, 5.41) is 10.9. The highest BCUT2D eigenvalue weighted by Crippen LogP contribution is 2.38. The van der Waals surface area contributed by atoms with Crippen LogP contribution in [-0.4, -0.2) is 5.11 Å². The molecular weight excluding hydrogens is 339 g/mol. The molecule has 1 unspecified atom stereocenters. The van der Waals surface area contributed by atoms with Gasteiger partial charge in [-0.3, -0.25) is 0 Å². The fourth-order valence-electron chi connectivity index (χ4n) is 2.75. The van der Waals surface area contributed by atoms with Crippen molar-refractivity contribution in [1.82, 2.24) is 0 Å². The van der Waals surface area contributed by atoms with Gasteiger partial charge in [0, 0.05) is 22.0 Å². The normalized spacial score (nSPS) is 22.8. The monoisotopic (exact) mass is 354 g/mol. The summed E-state index contributed by atoms with van der Waals surface area (Å²) in [6, 6.07) is 10.3. The van der Waals surface area contributed by atoms with Gasteiger partial charge in [-0.05, 0) is 59.2 Å². The van der Waals surface area contributed by atoms with Crippen LogP contribution < -0.4 is 0 Å². The van der Waals surface area contributed by atoms with Crippen molar-refractivity contribution in [2.24, 2.45) is 0 Å². The highest BCUT2D eigenvalue weighted by molar-refractivity contribution is 14.1. The molecule has 0 saturated carbocycles. The van der Waals surface area contributed by atoms with Crippen LogP contribution in [0.4, 0.5) is 0 Å². The lowest BCUT2D eigenvalue weighted by Gasteiger charge is -2.31. The second-order valence-corrected chi connectivity index (χ2v) is 6.19. The summed E-state index contributed by atoms with van der Waals surface area (Å²) in [6.07, 6.45) is 5.09. The third-order valence-electron chi connectivity index (χ3n) is 3.65. The highest BCUT2D eigenvalue weighted by atomic mass is 127. The molecule has 0 bridgehead atoms. The Balaban J connectivity index is 1.91. The quantitative estimate of drug-likeness (QED) is 0.836. The molecule has 0 aliphatic heterocycles. The van der Waals surface area contributed by atoms with Gasteiger partial charge in [0.05, 0.1) is 11.9 Å². The Hall–Kier alpha value is -0.810. The molecule has 2 aromatic rings. The van der Waals surface area contributed by atoms with E-state index in [4.69, 9.17) is 4.42 Å². The van der Waals surface area contributed by atoms with Crippen molar-refractivity contribution < 1.29 is 9.52 Å². The van der Waals surface area contributed by atoms with Crippen LogP contribution in [0.25, 0.3) is 0 Å². The summed E-state index contributed by atoms with van der Waals surface area (Å²) in [7, 11) is 0. The van der Waals surface area contributed by atoms with Gasteiger partial charge in [-0.1, -0.05) is 12.1 Å². The predicted octanol–water partition coefficient (Wildman–Crippen LogP) is 3.65. The second-order valence-electron chi connectivity index (χ2n) is 4.95. The molecule has 1 atom stereocenters. The Kier molecular flexibility index (Phi) is 3.20. The fraction of sp³-hybridized carbons (Fsp3) is 0.333. The predicted molar refractivity (Wildman–Crippen MR) is 78.4 cm³/mol. The Labute approximate surface area is 120 Å². The lowest BCUT2D eigenvalue weighted by Crippen LogP contribution is -2.32. The zero-order valence-electron chi connectivity index (χ0n) is 10.0. The number of fused-ring (bicyclic) bond motifs is 1. The van der Waals surface area contributed by atoms with Crippen molar-refractivity contribution in [2.45, 2.75) is 31.3 Å². The first-order valence-electron chi connectivity index (χ1n) is 6.21. The van der Waals surface area contributed by atoms with Crippen LogP contribution in [0, 0.1) is 3.57 Å². The number of halogens is 1. The van der Waals surface area contributed by atoms with Crippen LogP contribution in [0.1, 0.15) is 29.7 Å². The maximum Gasteiger partial charge on any atom is 0.109 e. The maximum absolute atomic E-state index is 10.9. The minimum Gasteiger partial charge on any atom is -0.469 e. The smallest absolute Gasteiger partial charge is 0.109 e. The van der Waals surface area contributed by atoms with Crippen molar-refractivity contribution in [2.75, 3.05) is 0 Å². The van der Waals surface area contributed by atoms with Gasteiger partial charge in [-0.25, -0.2) is 0 Å². The molecule has 1 aliphatic carbocycles. The molecule has 0 spiro atoms.